The van der Waals surface area contributed by atoms with Crippen molar-refractivity contribution in [1.29, 1.82) is 0 Å². The van der Waals surface area contributed by atoms with E-state index in [1.807, 2.05) is 0 Å². The number of rotatable bonds is 5. The van der Waals surface area contributed by atoms with E-state index in [-0.39, 0.29) is 17.2 Å². The Morgan fingerprint density at radius 3 is 2.47 bits per heavy atom. The maximum absolute atomic E-state index is 11.8. The van der Waals surface area contributed by atoms with Gasteiger partial charge in [0.05, 0.1) is 4.92 Å². The monoisotopic (exact) mass is 266 g/mol. The third kappa shape index (κ3) is 3.77. The number of benzene rings is 1. The molecule has 1 rings (SSSR count). The van der Waals surface area contributed by atoms with E-state index in [1.54, 1.807) is 13.8 Å². The highest BCUT2D eigenvalue weighted by atomic mass is 16.6. The van der Waals surface area contributed by atoms with Crippen LogP contribution in [0.3, 0.4) is 0 Å². The highest BCUT2D eigenvalue weighted by molar-refractivity contribution is 5.97. The zero-order valence-corrected chi connectivity index (χ0v) is 10.5. The van der Waals surface area contributed by atoms with Gasteiger partial charge < -0.3 is 10.4 Å². The molecule has 2 N–H and O–H groups in total. The standard InChI is InChI=1S/C12H14N2O5/c1-7(2)10(12(16)17)13-11(15)8-4-3-5-9(6-8)14(18)19/h3-7,10H,1-2H3,(H,13,15)(H,16,17)/t10-/m0/s1. The van der Waals surface area contributed by atoms with E-state index in [0.717, 1.165) is 6.07 Å². The summed E-state index contributed by atoms with van der Waals surface area (Å²) >= 11 is 0. The van der Waals surface area contributed by atoms with Crippen molar-refractivity contribution in [3.05, 3.63) is 39.9 Å². The normalized spacial score (nSPS) is 11.9. The van der Waals surface area contributed by atoms with Gasteiger partial charge in [-0.25, -0.2) is 4.79 Å². The van der Waals surface area contributed by atoms with Gasteiger partial charge >= 0.3 is 5.97 Å². The summed E-state index contributed by atoms with van der Waals surface area (Å²) in [6, 6.07) is 4.09. The van der Waals surface area contributed by atoms with Crippen LogP contribution < -0.4 is 5.32 Å². The van der Waals surface area contributed by atoms with Crippen LogP contribution in [0.25, 0.3) is 0 Å². The number of nitrogens with one attached hydrogen (secondary N) is 1. The lowest BCUT2D eigenvalue weighted by molar-refractivity contribution is -0.384. The average molecular weight is 266 g/mol. The molecule has 1 aromatic rings. The lowest BCUT2D eigenvalue weighted by Crippen LogP contribution is -2.44. The Labute approximate surface area is 109 Å². The van der Waals surface area contributed by atoms with Crippen LogP contribution in [0.15, 0.2) is 24.3 Å². The van der Waals surface area contributed by atoms with Gasteiger partial charge in [0.25, 0.3) is 11.6 Å². The minimum atomic E-state index is -1.14. The topological polar surface area (TPSA) is 110 Å². The first-order valence-electron chi connectivity index (χ1n) is 5.61. The molecule has 7 nitrogen and oxygen atoms in total. The molecule has 0 saturated heterocycles. The number of carboxylic acid groups (broad SMARTS) is 1. The van der Waals surface area contributed by atoms with E-state index < -0.39 is 22.8 Å². The summed E-state index contributed by atoms with van der Waals surface area (Å²) in [5, 5.41) is 21.9. The van der Waals surface area contributed by atoms with Gasteiger partial charge in [-0.05, 0) is 12.0 Å². The first kappa shape index (κ1) is 14.6. The number of nitro groups is 1. The zero-order valence-electron chi connectivity index (χ0n) is 10.5. The third-order valence-corrected chi connectivity index (χ3v) is 2.54. The summed E-state index contributed by atoms with van der Waals surface area (Å²) in [6.45, 7) is 3.32. The summed E-state index contributed by atoms with van der Waals surface area (Å²) in [4.78, 5) is 32.8. The highest BCUT2D eigenvalue weighted by Crippen LogP contribution is 2.13. The smallest absolute Gasteiger partial charge is 0.326 e. The van der Waals surface area contributed by atoms with Gasteiger partial charge in [-0.2, -0.15) is 0 Å². The number of nitrogens with zero attached hydrogens (tertiary/aromatic N) is 1. The number of carboxylic acids is 1. The number of aliphatic carboxylic acids is 1. The van der Waals surface area contributed by atoms with Gasteiger partial charge in [-0.3, -0.25) is 14.9 Å². The van der Waals surface area contributed by atoms with Crippen molar-refractivity contribution in [2.45, 2.75) is 19.9 Å². The van der Waals surface area contributed by atoms with Crippen LogP contribution in [-0.4, -0.2) is 27.9 Å². The summed E-state index contributed by atoms with van der Waals surface area (Å²) in [7, 11) is 0. The number of hydrogen-bond acceptors (Lipinski definition) is 4. The van der Waals surface area contributed by atoms with Crippen LogP contribution in [0.5, 0.6) is 0 Å². The van der Waals surface area contributed by atoms with Gasteiger partial charge in [0, 0.05) is 17.7 Å². The van der Waals surface area contributed by atoms with Crippen LogP contribution in [-0.2, 0) is 4.79 Å². The van der Waals surface area contributed by atoms with Gasteiger partial charge in [0.15, 0.2) is 0 Å². The van der Waals surface area contributed by atoms with Crippen molar-refractivity contribution in [3.63, 3.8) is 0 Å². The number of nitro benzene ring substituents is 1. The number of hydrogen-bond donors (Lipinski definition) is 2. The van der Waals surface area contributed by atoms with Gasteiger partial charge in [0.1, 0.15) is 6.04 Å². The predicted molar refractivity (Wildman–Crippen MR) is 66.8 cm³/mol. The quantitative estimate of drug-likeness (QED) is 0.619. The molecule has 1 aromatic carbocycles. The second-order valence-electron chi connectivity index (χ2n) is 4.34. The lowest BCUT2D eigenvalue weighted by atomic mass is 10.0. The van der Waals surface area contributed by atoms with Crippen molar-refractivity contribution in [3.8, 4) is 0 Å². The molecule has 1 amide bonds. The molecule has 0 fully saturated rings. The molecule has 102 valence electrons. The fourth-order valence-corrected chi connectivity index (χ4v) is 1.50. The van der Waals surface area contributed by atoms with Gasteiger partial charge in [0.2, 0.25) is 0 Å². The molecule has 0 aliphatic heterocycles. The third-order valence-electron chi connectivity index (χ3n) is 2.54. The van der Waals surface area contributed by atoms with Crippen molar-refractivity contribution < 1.29 is 19.6 Å². The Kier molecular flexibility index (Phi) is 4.57. The van der Waals surface area contributed by atoms with Crippen LogP contribution in [0, 0.1) is 16.0 Å². The summed E-state index contributed by atoms with van der Waals surface area (Å²) in [5.74, 6) is -2.08. The minimum absolute atomic E-state index is 0.0566. The average Bonchev–Trinajstić information content (AvgIpc) is 2.34. The number of carbonyl (C=O) groups is 2. The number of non-ortho nitro benzene ring substituents is 1. The predicted octanol–water partition coefficient (Wildman–Crippen LogP) is 1.43. The zero-order chi connectivity index (χ0) is 14.6. The van der Waals surface area contributed by atoms with Crippen LogP contribution in [0.1, 0.15) is 24.2 Å². The fraction of sp³-hybridized carbons (Fsp3) is 0.333. The molecule has 0 radical (unpaired) electrons. The van der Waals surface area contributed by atoms with Crippen molar-refractivity contribution in [2.75, 3.05) is 0 Å². The second kappa shape index (κ2) is 5.94. The molecule has 0 saturated carbocycles. The molecule has 0 aromatic heterocycles. The van der Waals surface area contributed by atoms with E-state index in [1.165, 1.54) is 18.2 Å². The number of amides is 1. The molecule has 7 heteroatoms. The van der Waals surface area contributed by atoms with Crippen LogP contribution in [0.2, 0.25) is 0 Å². The van der Waals surface area contributed by atoms with Crippen molar-refractivity contribution in [2.24, 2.45) is 5.92 Å². The molecule has 0 aliphatic rings. The highest BCUT2D eigenvalue weighted by Gasteiger charge is 2.24. The molecule has 0 bridgehead atoms. The first-order chi connectivity index (χ1) is 8.82. The van der Waals surface area contributed by atoms with Gasteiger partial charge in [-0.15, -0.1) is 0 Å². The van der Waals surface area contributed by atoms with Crippen molar-refractivity contribution >= 4 is 17.6 Å². The molecule has 1 atom stereocenters. The Morgan fingerprint density at radius 2 is 2.00 bits per heavy atom. The number of carbonyl (C=O) groups excluding carboxylic acids is 1. The molecule has 0 aliphatic carbocycles. The Morgan fingerprint density at radius 1 is 1.37 bits per heavy atom. The first-order valence-corrected chi connectivity index (χ1v) is 5.61. The second-order valence-corrected chi connectivity index (χ2v) is 4.34. The van der Waals surface area contributed by atoms with E-state index >= 15 is 0 Å². The fourth-order valence-electron chi connectivity index (χ4n) is 1.50. The Bertz CT molecular complexity index is 513. The molecule has 19 heavy (non-hydrogen) atoms. The summed E-state index contributed by atoms with van der Waals surface area (Å²) in [6.07, 6.45) is 0. The van der Waals surface area contributed by atoms with E-state index in [0.29, 0.717) is 0 Å². The van der Waals surface area contributed by atoms with Crippen molar-refractivity contribution in [1.82, 2.24) is 5.32 Å². The SMILES string of the molecule is CC(C)[C@H](NC(=O)c1cccc([N+](=O)[O-])c1)C(=O)O. The molecule has 0 heterocycles. The largest absolute Gasteiger partial charge is 0.480 e. The Hall–Kier alpha value is -2.44. The molecule has 0 spiro atoms. The Balaban J connectivity index is 2.91. The molecular weight excluding hydrogens is 252 g/mol. The van der Waals surface area contributed by atoms with E-state index in [2.05, 4.69) is 5.32 Å². The van der Waals surface area contributed by atoms with Crippen LogP contribution >= 0.6 is 0 Å². The molecule has 0 unspecified atom stereocenters. The van der Waals surface area contributed by atoms with Crippen LogP contribution in [0.4, 0.5) is 5.69 Å². The maximum Gasteiger partial charge on any atom is 0.326 e. The van der Waals surface area contributed by atoms with E-state index in [4.69, 9.17) is 5.11 Å². The lowest BCUT2D eigenvalue weighted by Gasteiger charge is -2.17. The summed E-state index contributed by atoms with van der Waals surface area (Å²) < 4.78 is 0. The minimum Gasteiger partial charge on any atom is -0.480 e. The summed E-state index contributed by atoms with van der Waals surface area (Å²) in [5.41, 5.74) is -0.162. The maximum atomic E-state index is 11.8. The molecular formula is C12H14N2O5. The van der Waals surface area contributed by atoms with E-state index in [9.17, 15) is 19.7 Å². The van der Waals surface area contributed by atoms with Gasteiger partial charge in [-0.1, -0.05) is 19.9 Å².